The third kappa shape index (κ3) is 5.23. The highest BCUT2D eigenvalue weighted by atomic mass is 16.5. The van der Waals surface area contributed by atoms with E-state index >= 15 is 0 Å². The van der Waals surface area contributed by atoms with Gasteiger partial charge in [-0.25, -0.2) is 9.59 Å². The van der Waals surface area contributed by atoms with Crippen molar-refractivity contribution < 1.29 is 28.6 Å². The number of carbonyl (C=O) groups is 3. The summed E-state index contributed by atoms with van der Waals surface area (Å²) in [7, 11) is 4.00. The highest BCUT2D eigenvalue weighted by molar-refractivity contribution is 6.00. The smallest absolute Gasteiger partial charge is 0.337 e. The van der Waals surface area contributed by atoms with Crippen molar-refractivity contribution in [1.29, 1.82) is 0 Å². The minimum absolute atomic E-state index is 0.0458. The zero-order valence-electron chi connectivity index (χ0n) is 16.1. The third-order valence-corrected chi connectivity index (χ3v) is 3.85. The van der Waals surface area contributed by atoms with Gasteiger partial charge in [-0.05, 0) is 42.8 Å². The summed E-state index contributed by atoms with van der Waals surface area (Å²) in [5.74, 6) is -1.03. The van der Waals surface area contributed by atoms with Crippen LogP contribution < -0.4 is 15.4 Å². The first kappa shape index (κ1) is 20.8. The van der Waals surface area contributed by atoms with Crippen LogP contribution in [0.4, 0.5) is 11.4 Å². The molecule has 1 amide bonds. The lowest BCUT2D eigenvalue weighted by Gasteiger charge is -2.13. The molecule has 0 heterocycles. The molecular weight excluding hydrogens is 364 g/mol. The molecular formula is C20H22N2O6. The summed E-state index contributed by atoms with van der Waals surface area (Å²) in [6, 6.07) is 9.74. The number of carbonyl (C=O) groups excluding carboxylic acids is 3. The van der Waals surface area contributed by atoms with Crippen LogP contribution >= 0.6 is 0 Å². The first-order valence-electron chi connectivity index (χ1n) is 8.38. The molecule has 0 spiro atoms. The van der Waals surface area contributed by atoms with Gasteiger partial charge in [-0.15, -0.1) is 0 Å². The lowest BCUT2D eigenvalue weighted by atomic mass is 10.1. The number of methoxy groups -OCH3 is 3. The van der Waals surface area contributed by atoms with E-state index in [1.165, 1.54) is 32.4 Å². The fourth-order valence-electron chi connectivity index (χ4n) is 2.51. The number of amides is 1. The number of anilines is 2. The maximum absolute atomic E-state index is 12.3. The molecule has 8 nitrogen and oxygen atoms in total. The summed E-state index contributed by atoms with van der Waals surface area (Å²) in [4.78, 5) is 36.0. The second kappa shape index (κ2) is 9.40. The van der Waals surface area contributed by atoms with Gasteiger partial charge in [0.05, 0.1) is 44.7 Å². The lowest BCUT2D eigenvalue weighted by molar-refractivity contribution is -0.114. The summed E-state index contributed by atoms with van der Waals surface area (Å²) in [6.07, 6.45) is 0. The van der Waals surface area contributed by atoms with Crippen LogP contribution in [0, 0.1) is 6.92 Å². The van der Waals surface area contributed by atoms with E-state index in [0.29, 0.717) is 11.4 Å². The average Bonchev–Trinajstić information content (AvgIpc) is 2.70. The van der Waals surface area contributed by atoms with Crippen LogP contribution in [0.3, 0.4) is 0 Å². The van der Waals surface area contributed by atoms with E-state index in [-0.39, 0.29) is 29.3 Å². The summed E-state index contributed by atoms with van der Waals surface area (Å²) in [5, 5.41) is 5.65. The second-order valence-electron chi connectivity index (χ2n) is 5.89. The van der Waals surface area contributed by atoms with Gasteiger partial charge in [-0.1, -0.05) is 6.07 Å². The van der Waals surface area contributed by atoms with Gasteiger partial charge in [0.15, 0.2) is 0 Å². The number of aryl methyl sites for hydroxylation is 1. The molecule has 2 aromatic carbocycles. The van der Waals surface area contributed by atoms with Crippen LogP contribution in [0.1, 0.15) is 26.3 Å². The number of hydrogen-bond acceptors (Lipinski definition) is 7. The van der Waals surface area contributed by atoms with E-state index in [2.05, 4.69) is 20.1 Å². The molecule has 0 aliphatic rings. The minimum atomic E-state index is -0.635. The quantitative estimate of drug-likeness (QED) is 0.705. The van der Waals surface area contributed by atoms with Gasteiger partial charge in [-0.2, -0.15) is 0 Å². The highest BCUT2D eigenvalue weighted by Crippen LogP contribution is 2.25. The summed E-state index contributed by atoms with van der Waals surface area (Å²) < 4.78 is 14.6. The van der Waals surface area contributed by atoms with E-state index in [0.717, 1.165) is 5.56 Å². The van der Waals surface area contributed by atoms with Crippen molar-refractivity contribution in [2.75, 3.05) is 38.5 Å². The molecule has 2 N–H and O–H groups in total. The van der Waals surface area contributed by atoms with Gasteiger partial charge in [0.2, 0.25) is 5.91 Å². The van der Waals surface area contributed by atoms with E-state index < -0.39 is 11.9 Å². The average molecular weight is 386 g/mol. The van der Waals surface area contributed by atoms with E-state index in [1.807, 2.05) is 19.1 Å². The van der Waals surface area contributed by atoms with Gasteiger partial charge in [-0.3, -0.25) is 4.79 Å². The van der Waals surface area contributed by atoms with Crippen molar-refractivity contribution >= 4 is 29.2 Å². The minimum Gasteiger partial charge on any atom is -0.495 e. The van der Waals surface area contributed by atoms with Crippen molar-refractivity contribution in [1.82, 2.24) is 0 Å². The van der Waals surface area contributed by atoms with E-state index in [1.54, 1.807) is 13.2 Å². The molecule has 0 saturated heterocycles. The topological polar surface area (TPSA) is 103 Å². The molecule has 0 aromatic heterocycles. The fraction of sp³-hybridized carbons (Fsp3) is 0.250. The van der Waals surface area contributed by atoms with Crippen LogP contribution in [0.5, 0.6) is 5.75 Å². The molecule has 0 atom stereocenters. The van der Waals surface area contributed by atoms with Gasteiger partial charge in [0, 0.05) is 5.69 Å². The Kier molecular flexibility index (Phi) is 6.97. The van der Waals surface area contributed by atoms with E-state index in [4.69, 9.17) is 4.74 Å². The van der Waals surface area contributed by atoms with Crippen LogP contribution in [-0.4, -0.2) is 45.7 Å². The number of rotatable bonds is 7. The number of ether oxygens (including phenoxy) is 3. The molecule has 0 aliphatic carbocycles. The summed E-state index contributed by atoms with van der Waals surface area (Å²) in [6.45, 7) is 1.88. The number of hydrogen-bond donors (Lipinski definition) is 2. The molecule has 0 saturated carbocycles. The number of nitrogens with one attached hydrogen (secondary N) is 2. The summed E-state index contributed by atoms with van der Waals surface area (Å²) >= 11 is 0. The molecule has 8 heteroatoms. The van der Waals surface area contributed by atoms with Gasteiger partial charge in [0.1, 0.15) is 5.75 Å². The van der Waals surface area contributed by atoms with Gasteiger partial charge >= 0.3 is 11.9 Å². The number of benzene rings is 2. The highest BCUT2D eigenvalue weighted by Gasteiger charge is 2.15. The molecule has 2 aromatic rings. The predicted octanol–water partition coefficient (Wildman–Crippen LogP) is 2.63. The van der Waals surface area contributed by atoms with Crippen molar-refractivity contribution in [3.63, 3.8) is 0 Å². The molecule has 148 valence electrons. The predicted molar refractivity (Wildman–Crippen MR) is 104 cm³/mol. The van der Waals surface area contributed by atoms with Crippen molar-refractivity contribution in [3.8, 4) is 5.75 Å². The van der Waals surface area contributed by atoms with Crippen LogP contribution in [0.2, 0.25) is 0 Å². The van der Waals surface area contributed by atoms with Crippen LogP contribution in [-0.2, 0) is 14.3 Å². The zero-order valence-corrected chi connectivity index (χ0v) is 16.1. The first-order chi connectivity index (χ1) is 13.4. The summed E-state index contributed by atoms with van der Waals surface area (Å²) in [5.41, 5.74) is 2.20. The third-order valence-electron chi connectivity index (χ3n) is 3.85. The zero-order chi connectivity index (χ0) is 20.7. The molecule has 0 bridgehead atoms. The maximum atomic E-state index is 12.3. The lowest BCUT2D eigenvalue weighted by Crippen LogP contribution is -2.22. The Morgan fingerprint density at radius 2 is 1.50 bits per heavy atom. The van der Waals surface area contributed by atoms with Gasteiger partial charge in [0.25, 0.3) is 0 Å². The Labute approximate surface area is 162 Å². The Bertz CT molecular complexity index is 860. The van der Waals surface area contributed by atoms with E-state index in [9.17, 15) is 14.4 Å². The Morgan fingerprint density at radius 3 is 2.04 bits per heavy atom. The molecule has 2 rings (SSSR count). The van der Waals surface area contributed by atoms with Crippen molar-refractivity contribution in [2.24, 2.45) is 0 Å². The van der Waals surface area contributed by atoms with Crippen molar-refractivity contribution in [3.05, 3.63) is 53.1 Å². The fourth-order valence-corrected chi connectivity index (χ4v) is 2.51. The van der Waals surface area contributed by atoms with Gasteiger partial charge < -0.3 is 24.8 Å². The van der Waals surface area contributed by atoms with Crippen LogP contribution in [0.25, 0.3) is 0 Å². The molecule has 0 aliphatic heterocycles. The monoisotopic (exact) mass is 386 g/mol. The Morgan fingerprint density at radius 1 is 0.893 bits per heavy atom. The normalized spacial score (nSPS) is 10.0. The second-order valence-corrected chi connectivity index (χ2v) is 5.89. The standard InChI is InChI=1S/C20H22N2O6/c1-12-5-6-17(26-2)16(7-12)21-11-18(23)22-15-9-13(19(24)27-3)8-14(10-15)20(25)28-4/h5-10,21H,11H2,1-4H3,(H,22,23). The van der Waals surface area contributed by atoms with Crippen LogP contribution in [0.15, 0.2) is 36.4 Å². The molecule has 0 unspecified atom stereocenters. The Balaban J connectivity index is 2.15. The molecule has 0 radical (unpaired) electrons. The Hall–Kier alpha value is -3.55. The largest absolute Gasteiger partial charge is 0.495 e. The molecule has 0 fully saturated rings. The first-order valence-corrected chi connectivity index (χ1v) is 8.38. The number of esters is 2. The molecule has 28 heavy (non-hydrogen) atoms. The maximum Gasteiger partial charge on any atom is 0.337 e. The SMILES string of the molecule is COC(=O)c1cc(NC(=O)CNc2cc(C)ccc2OC)cc(C(=O)OC)c1. The van der Waals surface area contributed by atoms with Crippen molar-refractivity contribution in [2.45, 2.75) is 6.92 Å².